The fourth-order valence-corrected chi connectivity index (χ4v) is 2.57. The molecule has 0 aromatic heterocycles. The van der Waals surface area contributed by atoms with Crippen molar-refractivity contribution in [2.75, 3.05) is 26.1 Å². The second-order valence-electron chi connectivity index (χ2n) is 5.02. The summed E-state index contributed by atoms with van der Waals surface area (Å²) in [5.74, 6) is 2.35. The van der Waals surface area contributed by atoms with Crippen LogP contribution in [-0.4, -0.2) is 20.8 Å². The van der Waals surface area contributed by atoms with Crippen LogP contribution in [0.1, 0.15) is 18.9 Å². The van der Waals surface area contributed by atoms with Gasteiger partial charge in [-0.25, -0.2) is 0 Å². The highest BCUT2D eigenvalue weighted by Gasteiger charge is 2.10. The van der Waals surface area contributed by atoms with Crippen molar-refractivity contribution >= 4 is 21.6 Å². The maximum atomic E-state index is 5.71. The summed E-state index contributed by atoms with van der Waals surface area (Å²) in [7, 11) is 3.32. The molecule has 23 heavy (non-hydrogen) atoms. The summed E-state index contributed by atoms with van der Waals surface area (Å²) in [5, 5.41) is 3.39. The number of ether oxygens (including phenoxy) is 3. The smallest absolute Gasteiger partial charge is 0.162 e. The molecule has 0 aliphatic carbocycles. The number of hydrogen-bond acceptors (Lipinski definition) is 4. The Hall–Kier alpha value is -1.88. The van der Waals surface area contributed by atoms with E-state index < -0.39 is 0 Å². The summed E-state index contributed by atoms with van der Waals surface area (Å²) in [6.07, 6.45) is 0.960. The van der Waals surface area contributed by atoms with Gasteiger partial charge in [-0.05, 0) is 48.4 Å². The largest absolute Gasteiger partial charge is 0.497 e. The van der Waals surface area contributed by atoms with E-state index in [0.717, 1.165) is 39.4 Å². The fraction of sp³-hybridized carbons (Fsp3) is 0.333. The van der Waals surface area contributed by atoms with Gasteiger partial charge < -0.3 is 19.5 Å². The van der Waals surface area contributed by atoms with E-state index in [1.165, 1.54) is 0 Å². The van der Waals surface area contributed by atoms with Crippen LogP contribution in [0.2, 0.25) is 0 Å². The van der Waals surface area contributed by atoms with Crippen LogP contribution < -0.4 is 19.5 Å². The van der Waals surface area contributed by atoms with E-state index in [4.69, 9.17) is 14.2 Å². The first-order valence-electron chi connectivity index (χ1n) is 7.55. The normalized spacial score (nSPS) is 10.3. The molecule has 2 rings (SSSR count). The minimum atomic E-state index is 0.673. The van der Waals surface area contributed by atoms with Gasteiger partial charge in [0.15, 0.2) is 11.5 Å². The minimum Gasteiger partial charge on any atom is -0.497 e. The van der Waals surface area contributed by atoms with Gasteiger partial charge in [-0.1, -0.05) is 22.9 Å². The van der Waals surface area contributed by atoms with Crippen LogP contribution >= 0.6 is 15.9 Å². The average Bonchev–Trinajstić information content (AvgIpc) is 2.59. The Morgan fingerprint density at radius 1 is 1.00 bits per heavy atom. The molecule has 124 valence electrons. The second-order valence-corrected chi connectivity index (χ2v) is 5.88. The Labute approximate surface area is 145 Å². The predicted molar refractivity (Wildman–Crippen MR) is 96.8 cm³/mol. The summed E-state index contributed by atoms with van der Waals surface area (Å²) in [6, 6.07) is 11.8. The van der Waals surface area contributed by atoms with Crippen molar-refractivity contribution in [2.24, 2.45) is 0 Å². The quantitative estimate of drug-likeness (QED) is 0.710. The Morgan fingerprint density at radius 2 is 1.74 bits per heavy atom. The van der Waals surface area contributed by atoms with E-state index in [2.05, 4.69) is 28.2 Å². The highest BCUT2D eigenvalue weighted by molar-refractivity contribution is 9.10. The lowest BCUT2D eigenvalue weighted by molar-refractivity contribution is 0.294. The Kier molecular flexibility index (Phi) is 6.59. The molecule has 0 radical (unpaired) electrons. The van der Waals surface area contributed by atoms with Gasteiger partial charge in [-0.15, -0.1) is 0 Å². The van der Waals surface area contributed by atoms with E-state index in [9.17, 15) is 0 Å². The molecule has 0 aliphatic rings. The number of benzene rings is 2. The summed E-state index contributed by atoms with van der Waals surface area (Å²) in [4.78, 5) is 0. The highest BCUT2D eigenvalue weighted by atomic mass is 79.9. The molecule has 0 amide bonds. The van der Waals surface area contributed by atoms with Crippen molar-refractivity contribution in [3.8, 4) is 17.2 Å². The van der Waals surface area contributed by atoms with E-state index in [0.29, 0.717) is 13.2 Å². The Balaban J connectivity index is 2.09. The second kappa shape index (κ2) is 8.67. The monoisotopic (exact) mass is 379 g/mol. The van der Waals surface area contributed by atoms with Crippen LogP contribution in [0.3, 0.4) is 0 Å². The molecule has 5 heteroatoms. The summed E-state index contributed by atoms with van der Waals surface area (Å²) in [5.41, 5.74) is 2.13. The predicted octanol–water partition coefficient (Wildman–Crippen LogP) is 4.87. The van der Waals surface area contributed by atoms with Crippen LogP contribution in [0.4, 0.5) is 5.69 Å². The fourth-order valence-electron chi connectivity index (χ4n) is 2.10. The van der Waals surface area contributed by atoms with Gasteiger partial charge >= 0.3 is 0 Å². The molecule has 0 fully saturated rings. The summed E-state index contributed by atoms with van der Waals surface area (Å²) < 4.78 is 17.3. The minimum absolute atomic E-state index is 0.673. The SMILES string of the molecule is CCCOc1cc(Br)c(CNc2ccc(OC)cc2)cc1OC. The van der Waals surface area contributed by atoms with Crippen LogP contribution in [0.25, 0.3) is 0 Å². The topological polar surface area (TPSA) is 39.7 Å². The van der Waals surface area contributed by atoms with Gasteiger partial charge in [0, 0.05) is 16.7 Å². The molecule has 0 bridgehead atoms. The van der Waals surface area contributed by atoms with E-state index >= 15 is 0 Å². The van der Waals surface area contributed by atoms with Gasteiger partial charge in [0.2, 0.25) is 0 Å². The standard InChI is InChI=1S/C18H22BrNO3/c1-4-9-23-18-11-16(19)13(10-17(18)22-3)12-20-14-5-7-15(21-2)8-6-14/h5-8,10-11,20H,4,9,12H2,1-3H3. The molecule has 2 aromatic rings. The van der Waals surface area contributed by atoms with E-state index in [-0.39, 0.29) is 0 Å². The molecule has 0 atom stereocenters. The molecule has 0 unspecified atom stereocenters. The van der Waals surface area contributed by atoms with Gasteiger partial charge in [0.25, 0.3) is 0 Å². The van der Waals surface area contributed by atoms with Crippen molar-refractivity contribution < 1.29 is 14.2 Å². The molecular formula is C18H22BrNO3. The van der Waals surface area contributed by atoms with Crippen molar-refractivity contribution in [1.29, 1.82) is 0 Å². The average molecular weight is 380 g/mol. The summed E-state index contributed by atoms with van der Waals surface area (Å²) >= 11 is 3.60. The van der Waals surface area contributed by atoms with Crippen LogP contribution in [-0.2, 0) is 6.54 Å². The first-order chi connectivity index (χ1) is 11.2. The molecular weight excluding hydrogens is 358 g/mol. The molecule has 2 aromatic carbocycles. The lowest BCUT2D eigenvalue weighted by Gasteiger charge is -2.14. The molecule has 0 saturated carbocycles. The molecule has 0 spiro atoms. The Morgan fingerprint density at radius 3 is 2.35 bits per heavy atom. The molecule has 0 heterocycles. The highest BCUT2D eigenvalue weighted by Crippen LogP contribution is 2.34. The lowest BCUT2D eigenvalue weighted by atomic mass is 10.2. The number of nitrogens with one attached hydrogen (secondary N) is 1. The molecule has 4 nitrogen and oxygen atoms in total. The summed E-state index contributed by atoms with van der Waals surface area (Å²) in [6.45, 7) is 3.43. The lowest BCUT2D eigenvalue weighted by Crippen LogP contribution is -2.03. The number of halogens is 1. The number of rotatable bonds is 8. The maximum Gasteiger partial charge on any atom is 0.162 e. The van der Waals surface area contributed by atoms with Gasteiger partial charge in [-0.3, -0.25) is 0 Å². The zero-order valence-corrected chi connectivity index (χ0v) is 15.3. The van der Waals surface area contributed by atoms with E-state index in [1.54, 1.807) is 14.2 Å². The van der Waals surface area contributed by atoms with Crippen molar-refractivity contribution in [3.63, 3.8) is 0 Å². The first-order valence-corrected chi connectivity index (χ1v) is 8.34. The number of hydrogen-bond donors (Lipinski definition) is 1. The molecule has 0 saturated heterocycles. The van der Waals surface area contributed by atoms with Gasteiger partial charge in [0.05, 0.1) is 20.8 Å². The Bertz CT molecular complexity index is 629. The van der Waals surface area contributed by atoms with Crippen molar-refractivity contribution in [3.05, 3.63) is 46.4 Å². The first kappa shape index (κ1) is 17.5. The van der Waals surface area contributed by atoms with Gasteiger partial charge in [0.1, 0.15) is 5.75 Å². The maximum absolute atomic E-state index is 5.71. The van der Waals surface area contributed by atoms with Gasteiger partial charge in [-0.2, -0.15) is 0 Å². The third kappa shape index (κ3) is 4.79. The van der Waals surface area contributed by atoms with Crippen molar-refractivity contribution in [2.45, 2.75) is 19.9 Å². The van der Waals surface area contributed by atoms with Crippen LogP contribution in [0.5, 0.6) is 17.2 Å². The van der Waals surface area contributed by atoms with Crippen LogP contribution in [0, 0.1) is 0 Å². The van der Waals surface area contributed by atoms with E-state index in [1.807, 2.05) is 36.4 Å². The number of methoxy groups -OCH3 is 2. The zero-order valence-electron chi connectivity index (χ0n) is 13.7. The van der Waals surface area contributed by atoms with Crippen LogP contribution in [0.15, 0.2) is 40.9 Å². The van der Waals surface area contributed by atoms with Crippen molar-refractivity contribution in [1.82, 2.24) is 0 Å². The third-order valence-electron chi connectivity index (χ3n) is 3.37. The third-order valence-corrected chi connectivity index (χ3v) is 4.11. The molecule has 0 aliphatic heterocycles. The molecule has 1 N–H and O–H groups in total. The zero-order chi connectivity index (χ0) is 16.7. The number of anilines is 1.